The summed E-state index contributed by atoms with van der Waals surface area (Å²) < 4.78 is 44.3. The van der Waals surface area contributed by atoms with Gasteiger partial charge in [0.05, 0.1) is 10.5 Å². The van der Waals surface area contributed by atoms with E-state index in [0.717, 1.165) is 17.0 Å². The molecule has 7 nitrogen and oxygen atoms in total. The Kier molecular flexibility index (Phi) is 5.98. The van der Waals surface area contributed by atoms with E-state index < -0.39 is 40.1 Å². The summed E-state index contributed by atoms with van der Waals surface area (Å²) in [6.07, 6.45) is -4.55. The molecular weight excluding hydrogens is 367 g/mol. The number of ether oxygens (including phenoxy) is 1. The van der Waals surface area contributed by atoms with E-state index in [-0.39, 0.29) is 5.69 Å². The van der Waals surface area contributed by atoms with E-state index in [1.165, 1.54) is 0 Å². The highest BCUT2D eigenvalue weighted by atomic mass is 19.4. The summed E-state index contributed by atoms with van der Waals surface area (Å²) in [5.74, 6) is 0. The van der Waals surface area contributed by atoms with E-state index in [9.17, 15) is 28.1 Å². The first-order valence-corrected chi connectivity index (χ1v) is 8.49. The molecule has 27 heavy (non-hydrogen) atoms. The topological polar surface area (TPSA) is 84.7 Å². The maximum absolute atomic E-state index is 13.0. The molecule has 0 bridgehead atoms. The Bertz CT molecular complexity index is 710. The van der Waals surface area contributed by atoms with Crippen LogP contribution in [0.5, 0.6) is 0 Å². The van der Waals surface area contributed by atoms with Crippen molar-refractivity contribution >= 4 is 17.5 Å². The fourth-order valence-corrected chi connectivity index (χ4v) is 2.87. The summed E-state index contributed by atoms with van der Waals surface area (Å²) in [6.45, 7) is 6.10. The number of anilines is 1. The molecule has 1 aliphatic heterocycles. The molecule has 1 fully saturated rings. The number of nitrogens with one attached hydrogen (secondary N) is 1. The number of hydrogen-bond acceptors (Lipinski definition) is 5. The van der Waals surface area contributed by atoms with Gasteiger partial charge in [-0.15, -0.1) is 0 Å². The van der Waals surface area contributed by atoms with E-state index in [1.54, 1.807) is 20.8 Å². The van der Waals surface area contributed by atoms with Gasteiger partial charge >= 0.3 is 12.3 Å². The van der Waals surface area contributed by atoms with Crippen LogP contribution in [0.15, 0.2) is 18.2 Å². The van der Waals surface area contributed by atoms with Crippen LogP contribution in [0.4, 0.5) is 29.3 Å². The number of benzene rings is 1. The lowest BCUT2D eigenvalue weighted by Crippen LogP contribution is -2.48. The van der Waals surface area contributed by atoms with Crippen molar-refractivity contribution in [2.24, 2.45) is 0 Å². The largest absolute Gasteiger partial charge is 0.443 e. The number of carbonyl (C=O) groups is 1. The molecule has 10 heteroatoms. The molecule has 0 saturated carbocycles. The van der Waals surface area contributed by atoms with Gasteiger partial charge in [-0.25, -0.2) is 4.79 Å². The SMILES string of the molecule is CC(C)(C)OC(=O)N(c1ccc(C(F)(F)F)cc1[N+](=O)[O-])C1CCNCC1. The van der Waals surface area contributed by atoms with Gasteiger partial charge in [-0.05, 0) is 58.8 Å². The summed E-state index contributed by atoms with van der Waals surface area (Å²) >= 11 is 0. The highest BCUT2D eigenvalue weighted by molar-refractivity contribution is 5.91. The zero-order valence-electron chi connectivity index (χ0n) is 15.3. The van der Waals surface area contributed by atoms with Gasteiger partial charge in [0.2, 0.25) is 0 Å². The van der Waals surface area contributed by atoms with Crippen LogP contribution in [0.2, 0.25) is 0 Å². The van der Waals surface area contributed by atoms with Gasteiger partial charge in [-0.1, -0.05) is 0 Å². The van der Waals surface area contributed by atoms with Crippen LogP contribution in [0, 0.1) is 10.1 Å². The highest BCUT2D eigenvalue weighted by Crippen LogP contribution is 2.38. The highest BCUT2D eigenvalue weighted by Gasteiger charge is 2.38. The van der Waals surface area contributed by atoms with Crippen molar-refractivity contribution in [1.82, 2.24) is 5.32 Å². The summed E-state index contributed by atoms with van der Waals surface area (Å²) in [4.78, 5) is 24.4. The molecule has 0 aliphatic carbocycles. The van der Waals surface area contributed by atoms with E-state index >= 15 is 0 Å². The van der Waals surface area contributed by atoms with Crippen LogP contribution >= 0.6 is 0 Å². The van der Waals surface area contributed by atoms with Crippen molar-refractivity contribution in [3.8, 4) is 0 Å². The lowest BCUT2D eigenvalue weighted by Gasteiger charge is -2.35. The molecule has 1 N–H and O–H groups in total. The second-order valence-corrected chi connectivity index (χ2v) is 7.29. The molecule has 1 heterocycles. The second kappa shape index (κ2) is 7.71. The average Bonchev–Trinajstić information content (AvgIpc) is 2.53. The van der Waals surface area contributed by atoms with Gasteiger partial charge < -0.3 is 10.1 Å². The van der Waals surface area contributed by atoms with E-state index in [1.807, 2.05) is 0 Å². The van der Waals surface area contributed by atoms with Crippen LogP contribution in [0.1, 0.15) is 39.2 Å². The molecule has 1 saturated heterocycles. The third-order valence-corrected chi connectivity index (χ3v) is 4.02. The maximum atomic E-state index is 13.0. The summed E-state index contributed by atoms with van der Waals surface area (Å²) in [7, 11) is 0. The number of alkyl halides is 3. The van der Waals surface area contributed by atoms with Crippen LogP contribution in [-0.2, 0) is 10.9 Å². The number of piperidine rings is 1. The third-order valence-electron chi connectivity index (χ3n) is 4.02. The van der Waals surface area contributed by atoms with Crippen LogP contribution < -0.4 is 10.2 Å². The molecule has 0 radical (unpaired) electrons. The van der Waals surface area contributed by atoms with Gasteiger partial charge in [-0.2, -0.15) is 13.2 Å². The number of nitrogens with zero attached hydrogens (tertiary/aromatic N) is 2. The molecule has 0 unspecified atom stereocenters. The zero-order valence-corrected chi connectivity index (χ0v) is 15.3. The molecule has 2 rings (SSSR count). The predicted octanol–water partition coefficient (Wildman–Crippen LogP) is 4.11. The summed E-state index contributed by atoms with van der Waals surface area (Å²) in [6, 6.07) is 1.73. The minimum Gasteiger partial charge on any atom is -0.443 e. The number of nitro groups is 1. The van der Waals surface area contributed by atoms with Crippen molar-refractivity contribution in [2.75, 3.05) is 18.0 Å². The first-order valence-electron chi connectivity index (χ1n) is 8.49. The minimum atomic E-state index is -4.73. The molecule has 1 amide bonds. The smallest absolute Gasteiger partial charge is 0.416 e. The first kappa shape index (κ1) is 20.9. The molecule has 1 aromatic rings. The predicted molar refractivity (Wildman–Crippen MR) is 92.7 cm³/mol. The lowest BCUT2D eigenvalue weighted by atomic mass is 10.0. The lowest BCUT2D eigenvalue weighted by molar-refractivity contribution is -0.384. The Morgan fingerprint density at radius 3 is 2.33 bits per heavy atom. The Hall–Kier alpha value is -2.36. The Morgan fingerprint density at radius 2 is 1.85 bits per heavy atom. The fraction of sp³-hybridized carbons (Fsp3) is 0.588. The molecule has 0 aromatic heterocycles. The van der Waals surface area contributed by atoms with E-state index in [4.69, 9.17) is 4.74 Å². The van der Waals surface area contributed by atoms with Crippen molar-refractivity contribution in [2.45, 2.75) is 51.4 Å². The van der Waals surface area contributed by atoms with Crippen molar-refractivity contribution in [1.29, 1.82) is 0 Å². The van der Waals surface area contributed by atoms with Crippen LogP contribution in [0.3, 0.4) is 0 Å². The minimum absolute atomic E-state index is 0.200. The fourth-order valence-electron chi connectivity index (χ4n) is 2.87. The number of halogens is 3. The number of carbonyl (C=O) groups excluding carboxylic acids is 1. The number of hydrogen-bond donors (Lipinski definition) is 1. The van der Waals surface area contributed by atoms with Crippen molar-refractivity contribution in [3.63, 3.8) is 0 Å². The monoisotopic (exact) mass is 389 g/mol. The Morgan fingerprint density at radius 1 is 1.26 bits per heavy atom. The zero-order chi connectivity index (χ0) is 20.4. The molecule has 1 aliphatic rings. The van der Waals surface area contributed by atoms with Gasteiger partial charge in [0.1, 0.15) is 11.3 Å². The standard InChI is InChI=1S/C17H22F3N3O4/c1-16(2,3)27-15(24)22(12-6-8-21-9-7-12)13-5-4-11(17(18,19)20)10-14(13)23(25)26/h4-5,10,12,21H,6-9H2,1-3H3. The van der Waals surface area contributed by atoms with Crippen LogP contribution in [0.25, 0.3) is 0 Å². The normalized spacial score (nSPS) is 16.1. The third kappa shape index (κ3) is 5.31. The number of amides is 1. The molecule has 1 aromatic carbocycles. The summed E-state index contributed by atoms with van der Waals surface area (Å²) in [5, 5.41) is 14.6. The Labute approximate surface area is 154 Å². The molecular formula is C17H22F3N3O4. The van der Waals surface area contributed by atoms with Gasteiger partial charge in [0.15, 0.2) is 0 Å². The molecule has 0 atom stereocenters. The van der Waals surface area contributed by atoms with Gasteiger partial charge in [-0.3, -0.25) is 15.0 Å². The van der Waals surface area contributed by atoms with E-state index in [2.05, 4.69) is 5.32 Å². The van der Waals surface area contributed by atoms with E-state index in [0.29, 0.717) is 32.0 Å². The second-order valence-electron chi connectivity index (χ2n) is 7.29. The quantitative estimate of drug-likeness (QED) is 0.621. The summed E-state index contributed by atoms with van der Waals surface area (Å²) in [5.41, 5.74) is -2.99. The van der Waals surface area contributed by atoms with Crippen LogP contribution in [-0.4, -0.2) is 35.7 Å². The van der Waals surface area contributed by atoms with Gasteiger partial charge in [0.25, 0.3) is 5.69 Å². The maximum Gasteiger partial charge on any atom is 0.416 e. The molecule has 0 spiro atoms. The molecule has 150 valence electrons. The number of rotatable bonds is 3. The van der Waals surface area contributed by atoms with Crippen molar-refractivity contribution < 1.29 is 27.6 Å². The van der Waals surface area contributed by atoms with Crippen molar-refractivity contribution in [3.05, 3.63) is 33.9 Å². The number of nitro benzene ring substituents is 1. The first-order chi connectivity index (χ1) is 12.4. The van der Waals surface area contributed by atoms with Gasteiger partial charge in [0, 0.05) is 12.1 Å². The Balaban J connectivity index is 2.53. The average molecular weight is 389 g/mol.